The summed E-state index contributed by atoms with van der Waals surface area (Å²) in [7, 11) is 1.78. The zero-order valence-corrected chi connectivity index (χ0v) is 15.6. The fourth-order valence-corrected chi connectivity index (χ4v) is 5.93. The van der Waals surface area contributed by atoms with Gasteiger partial charge in [0.25, 0.3) is 0 Å². The number of halogens is 2. The molecule has 2 atom stereocenters. The first-order chi connectivity index (χ1) is 12.6. The van der Waals surface area contributed by atoms with Crippen LogP contribution in [0.3, 0.4) is 0 Å². The van der Waals surface area contributed by atoms with Gasteiger partial charge in [0.2, 0.25) is 0 Å². The van der Waals surface area contributed by atoms with Gasteiger partial charge in [0.15, 0.2) is 5.82 Å². The second-order valence-electron chi connectivity index (χ2n) is 6.65. The van der Waals surface area contributed by atoms with E-state index in [-0.39, 0.29) is 11.7 Å². The highest BCUT2D eigenvalue weighted by molar-refractivity contribution is 7.28. The number of nitrogens with zero attached hydrogens (tertiary/aromatic N) is 3. The maximum atomic E-state index is 14.3. The molecule has 4 heterocycles. The van der Waals surface area contributed by atoms with Gasteiger partial charge >= 0.3 is 0 Å². The second kappa shape index (κ2) is 6.07. The highest BCUT2D eigenvalue weighted by Crippen LogP contribution is 2.41. The summed E-state index contributed by atoms with van der Waals surface area (Å²) in [6.45, 7) is 1.26. The topological polar surface area (TPSA) is 42.7 Å². The summed E-state index contributed by atoms with van der Waals surface area (Å²) in [6.07, 6.45) is 1.76. The molecule has 3 aromatic heterocycles. The van der Waals surface area contributed by atoms with E-state index >= 15 is 0 Å². The molecule has 1 aliphatic rings. The smallest absolute Gasteiger partial charge is 0.152 e. The van der Waals surface area contributed by atoms with Gasteiger partial charge in [-0.15, -0.1) is 22.7 Å². The largest absolute Gasteiger partial charge is 0.314 e. The van der Waals surface area contributed by atoms with E-state index in [1.54, 1.807) is 29.3 Å². The Hall–Kier alpha value is -1.90. The van der Waals surface area contributed by atoms with E-state index in [2.05, 4.69) is 21.5 Å². The molecule has 0 bridgehead atoms. The summed E-state index contributed by atoms with van der Waals surface area (Å²) in [5, 5.41) is 8.77. The lowest BCUT2D eigenvalue weighted by Gasteiger charge is -2.25. The fraction of sp³-hybridized carbons (Fsp3) is 0.333. The Labute approximate surface area is 156 Å². The Bertz CT molecular complexity index is 1080. The van der Waals surface area contributed by atoms with Crippen molar-refractivity contribution >= 4 is 43.1 Å². The number of rotatable bonds is 2. The van der Waals surface area contributed by atoms with Gasteiger partial charge in [-0.25, -0.2) is 13.8 Å². The van der Waals surface area contributed by atoms with Gasteiger partial charge in [-0.05, 0) is 31.2 Å². The molecule has 2 unspecified atom stereocenters. The SMILES string of the molecule is Cn1cc2cc(-c3nc4sc(C5CCNCC5F)cc4s3)cc(F)c2n1. The van der Waals surface area contributed by atoms with Crippen molar-refractivity contribution in [2.45, 2.75) is 18.5 Å². The van der Waals surface area contributed by atoms with Crippen LogP contribution in [0.1, 0.15) is 17.2 Å². The van der Waals surface area contributed by atoms with Gasteiger partial charge in [-0.1, -0.05) is 0 Å². The van der Waals surface area contributed by atoms with Crippen LogP contribution >= 0.6 is 22.7 Å². The van der Waals surface area contributed by atoms with Crippen molar-refractivity contribution in [1.82, 2.24) is 20.1 Å². The molecule has 4 aromatic rings. The zero-order chi connectivity index (χ0) is 17.8. The number of piperidine rings is 1. The van der Waals surface area contributed by atoms with E-state index in [1.807, 2.05) is 6.07 Å². The average molecular weight is 390 g/mol. The van der Waals surface area contributed by atoms with Gasteiger partial charge < -0.3 is 5.32 Å². The lowest BCUT2D eigenvalue weighted by molar-refractivity contribution is 0.233. The molecule has 1 fully saturated rings. The number of thiazole rings is 1. The van der Waals surface area contributed by atoms with Crippen LogP contribution in [0.15, 0.2) is 24.4 Å². The molecular formula is C18H16F2N4S2. The third-order valence-electron chi connectivity index (χ3n) is 4.81. The lowest BCUT2D eigenvalue weighted by atomic mass is 9.95. The predicted molar refractivity (Wildman–Crippen MR) is 102 cm³/mol. The Morgan fingerprint density at radius 2 is 2.15 bits per heavy atom. The molecule has 1 saturated heterocycles. The van der Waals surface area contributed by atoms with Crippen LogP contribution in [0.25, 0.3) is 31.0 Å². The van der Waals surface area contributed by atoms with Crippen molar-refractivity contribution in [1.29, 1.82) is 0 Å². The van der Waals surface area contributed by atoms with E-state index in [0.29, 0.717) is 12.1 Å². The Kier molecular flexibility index (Phi) is 3.80. The molecular weight excluding hydrogens is 374 g/mol. The molecule has 1 aliphatic heterocycles. The number of alkyl halides is 1. The van der Waals surface area contributed by atoms with Crippen molar-refractivity contribution in [3.63, 3.8) is 0 Å². The van der Waals surface area contributed by atoms with Gasteiger partial charge in [-0.2, -0.15) is 5.10 Å². The number of fused-ring (bicyclic) bond motifs is 2. The summed E-state index contributed by atoms with van der Waals surface area (Å²) in [4.78, 5) is 6.65. The van der Waals surface area contributed by atoms with E-state index in [0.717, 1.165) is 43.3 Å². The Morgan fingerprint density at radius 1 is 1.27 bits per heavy atom. The van der Waals surface area contributed by atoms with Crippen LogP contribution in [0.4, 0.5) is 8.78 Å². The molecule has 134 valence electrons. The first-order valence-electron chi connectivity index (χ1n) is 8.47. The predicted octanol–water partition coefficient (Wildman–Crippen LogP) is 4.47. The van der Waals surface area contributed by atoms with Crippen LogP contribution in [-0.2, 0) is 7.05 Å². The molecule has 0 radical (unpaired) electrons. The van der Waals surface area contributed by atoms with E-state index in [4.69, 9.17) is 0 Å². The minimum atomic E-state index is -0.849. The van der Waals surface area contributed by atoms with E-state index in [1.165, 1.54) is 17.4 Å². The molecule has 0 spiro atoms. The molecule has 26 heavy (non-hydrogen) atoms. The molecule has 4 nitrogen and oxygen atoms in total. The molecule has 0 amide bonds. The first kappa shape index (κ1) is 16.3. The highest BCUT2D eigenvalue weighted by atomic mass is 32.1. The van der Waals surface area contributed by atoms with Crippen LogP contribution in [-0.4, -0.2) is 34.0 Å². The standard InChI is InChI=1S/C18H16F2N4S2/c1-24-8-10-4-9(5-12(19)16(10)23-24)17-22-18-15(26-17)6-14(25-18)11-2-3-21-7-13(11)20/h4-6,8,11,13,21H,2-3,7H2,1H3. The fourth-order valence-electron chi connectivity index (χ4n) is 3.54. The molecule has 0 aliphatic carbocycles. The highest BCUT2D eigenvalue weighted by Gasteiger charge is 2.28. The minimum absolute atomic E-state index is 0.0460. The molecule has 0 saturated carbocycles. The summed E-state index contributed by atoms with van der Waals surface area (Å²) >= 11 is 3.08. The number of thiophene rings is 1. The number of aryl methyl sites for hydroxylation is 1. The maximum Gasteiger partial charge on any atom is 0.152 e. The third-order valence-corrected chi connectivity index (χ3v) is 7.15. The number of aromatic nitrogens is 3. The lowest BCUT2D eigenvalue weighted by Crippen LogP contribution is -2.36. The van der Waals surface area contributed by atoms with Crippen LogP contribution < -0.4 is 5.32 Å². The maximum absolute atomic E-state index is 14.3. The molecule has 1 aromatic carbocycles. The van der Waals surface area contributed by atoms with Gasteiger partial charge in [0.05, 0.1) is 4.70 Å². The van der Waals surface area contributed by atoms with Crippen molar-refractivity contribution in [2.24, 2.45) is 7.05 Å². The summed E-state index contributed by atoms with van der Waals surface area (Å²) in [5.74, 6) is -0.386. The zero-order valence-electron chi connectivity index (χ0n) is 14.0. The van der Waals surface area contributed by atoms with E-state index < -0.39 is 6.17 Å². The van der Waals surface area contributed by atoms with Crippen molar-refractivity contribution < 1.29 is 8.78 Å². The van der Waals surface area contributed by atoms with Crippen molar-refractivity contribution in [2.75, 3.05) is 13.1 Å². The summed E-state index contributed by atoms with van der Waals surface area (Å²) in [5.41, 5.74) is 1.12. The third kappa shape index (κ3) is 2.64. The summed E-state index contributed by atoms with van der Waals surface area (Å²) in [6, 6.07) is 5.46. The number of hydrogen-bond acceptors (Lipinski definition) is 5. The Morgan fingerprint density at radius 3 is 2.96 bits per heavy atom. The van der Waals surface area contributed by atoms with Gasteiger partial charge in [0, 0.05) is 41.5 Å². The van der Waals surface area contributed by atoms with Gasteiger partial charge in [0.1, 0.15) is 21.5 Å². The number of benzene rings is 1. The first-order valence-corrected chi connectivity index (χ1v) is 10.1. The van der Waals surface area contributed by atoms with E-state index in [9.17, 15) is 8.78 Å². The van der Waals surface area contributed by atoms with Crippen LogP contribution in [0, 0.1) is 5.82 Å². The monoisotopic (exact) mass is 390 g/mol. The summed E-state index contributed by atoms with van der Waals surface area (Å²) < 4.78 is 31.2. The number of nitrogens with one attached hydrogen (secondary N) is 1. The van der Waals surface area contributed by atoms with Crippen LogP contribution in [0.5, 0.6) is 0 Å². The number of hydrogen-bond donors (Lipinski definition) is 1. The second-order valence-corrected chi connectivity index (χ2v) is 8.74. The minimum Gasteiger partial charge on any atom is -0.314 e. The van der Waals surface area contributed by atoms with Gasteiger partial charge in [-0.3, -0.25) is 4.68 Å². The molecule has 5 rings (SSSR count). The average Bonchev–Trinajstić information content (AvgIpc) is 3.27. The Balaban J connectivity index is 1.53. The van der Waals surface area contributed by atoms with Crippen LogP contribution in [0.2, 0.25) is 0 Å². The van der Waals surface area contributed by atoms with Crippen molar-refractivity contribution in [3.8, 4) is 10.6 Å². The van der Waals surface area contributed by atoms with Crippen molar-refractivity contribution in [3.05, 3.63) is 35.1 Å². The normalized spacial score (nSPS) is 21.0. The molecule has 1 N–H and O–H groups in total. The molecule has 8 heteroatoms. The quantitative estimate of drug-likeness (QED) is 0.549.